The van der Waals surface area contributed by atoms with E-state index < -0.39 is 12.0 Å². The largest absolute Gasteiger partial charge is 0.480 e. The second kappa shape index (κ2) is 5.94. The highest BCUT2D eigenvalue weighted by atomic mass is 16.4. The maximum Gasteiger partial charge on any atom is 0.326 e. The third-order valence-electron chi connectivity index (χ3n) is 3.51. The Morgan fingerprint density at radius 2 is 2.15 bits per heavy atom. The van der Waals surface area contributed by atoms with E-state index >= 15 is 0 Å². The van der Waals surface area contributed by atoms with Gasteiger partial charge in [0.1, 0.15) is 6.04 Å². The number of carboxylic acid groups (broad SMARTS) is 1. The van der Waals surface area contributed by atoms with Gasteiger partial charge in [-0.25, -0.2) is 9.59 Å². The molecule has 20 heavy (non-hydrogen) atoms. The number of rotatable bonds is 5. The zero-order chi connectivity index (χ0) is 14.7. The van der Waals surface area contributed by atoms with Crippen molar-refractivity contribution < 1.29 is 14.7 Å². The number of nitrogens with zero attached hydrogens (tertiary/aromatic N) is 1. The second-order valence-electron chi connectivity index (χ2n) is 5.19. The number of carbonyl (C=O) groups excluding carboxylic acids is 1. The van der Waals surface area contributed by atoms with Gasteiger partial charge in [0.25, 0.3) is 0 Å². The van der Waals surface area contributed by atoms with E-state index in [1.54, 1.807) is 4.90 Å². The van der Waals surface area contributed by atoms with Crippen molar-refractivity contribution in [2.24, 2.45) is 5.92 Å². The summed E-state index contributed by atoms with van der Waals surface area (Å²) in [7, 11) is 0. The Morgan fingerprint density at radius 1 is 1.45 bits per heavy atom. The van der Waals surface area contributed by atoms with Crippen LogP contribution < -0.4 is 10.2 Å². The quantitative estimate of drug-likeness (QED) is 0.867. The van der Waals surface area contributed by atoms with Crippen LogP contribution in [0.1, 0.15) is 25.3 Å². The van der Waals surface area contributed by atoms with Crippen LogP contribution in [-0.4, -0.2) is 29.7 Å². The number of benzene rings is 1. The first-order valence-electron chi connectivity index (χ1n) is 6.90. The molecule has 2 rings (SSSR count). The lowest BCUT2D eigenvalue weighted by atomic mass is 10.2. The first kappa shape index (κ1) is 14.4. The Kier molecular flexibility index (Phi) is 4.27. The lowest BCUT2D eigenvalue weighted by Gasteiger charge is -2.24. The molecule has 1 unspecified atom stereocenters. The SMILES string of the molecule is CCN(C(=O)NC(C(=O)O)C1CC1)c1cccc(C)c1. The van der Waals surface area contributed by atoms with E-state index in [2.05, 4.69) is 5.32 Å². The van der Waals surface area contributed by atoms with Crippen LogP contribution in [0.25, 0.3) is 0 Å². The summed E-state index contributed by atoms with van der Waals surface area (Å²) < 4.78 is 0. The van der Waals surface area contributed by atoms with Gasteiger partial charge < -0.3 is 10.4 Å². The fraction of sp³-hybridized carbons (Fsp3) is 0.467. The average Bonchev–Trinajstić information content (AvgIpc) is 3.21. The molecule has 0 aliphatic heterocycles. The first-order chi connectivity index (χ1) is 9.52. The molecule has 108 valence electrons. The number of urea groups is 1. The standard InChI is InChI=1S/C15H20N2O3/c1-3-17(12-6-4-5-10(2)9-12)15(20)16-13(14(18)19)11-7-8-11/h4-6,9,11,13H,3,7-8H2,1-2H3,(H,16,20)(H,18,19). The number of hydrogen-bond donors (Lipinski definition) is 2. The molecule has 2 amide bonds. The number of carbonyl (C=O) groups is 2. The van der Waals surface area contributed by atoms with Gasteiger partial charge >= 0.3 is 12.0 Å². The Balaban J connectivity index is 2.10. The summed E-state index contributed by atoms with van der Waals surface area (Å²) in [6.07, 6.45) is 1.74. The highest BCUT2D eigenvalue weighted by molar-refractivity contribution is 5.94. The monoisotopic (exact) mass is 276 g/mol. The molecule has 2 N–H and O–H groups in total. The molecule has 0 bridgehead atoms. The number of hydrogen-bond acceptors (Lipinski definition) is 2. The lowest BCUT2D eigenvalue weighted by molar-refractivity contribution is -0.139. The Hall–Kier alpha value is -2.04. The molecule has 0 spiro atoms. The van der Waals surface area contributed by atoms with Crippen LogP contribution in [0.2, 0.25) is 0 Å². The highest BCUT2D eigenvalue weighted by Gasteiger charge is 2.38. The molecule has 0 saturated heterocycles. The lowest BCUT2D eigenvalue weighted by Crippen LogP contribution is -2.49. The summed E-state index contributed by atoms with van der Waals surface area (Å²) in [5.41, 5.74) is 1.84. The van der Waals surface area contributed by atoms with Crippen LogP contribution in [-0.2, 0) is 4.79 Å². The highest BCUT2D eigenvalue weighted by Crippen LogP contribution is 2.33. The maximum absolute atomic E-state index is 12.3. The first-order valence-corrected chi connectivity index (χ1v) is 6.90. The fourth-order valence-electron chi connectivity index (χ4n) is 2.26. The van der Waals surface area contributed by atoms with Gasteiger partial charge in [-0.15, -0.1) is 0 Å². The van der Waals surface area contributed by atoms with E-state index in [9.17, 15) is 9.59 Å². The molecule has 1 fully saturated rings. The number of anilines is 1. The number of aliphatic carboxylic acids is 1. The van der Waals surface area contributed by atoms with Gasteiger partial charge in [-0.3, -0.25) is 4.90 Å². The van der Waals surface area contributed by atoms with Crippen molar-refractivity contribution in [2.45, 2.75) is 32.7 Å². The van der Waals surface area contributed by atoms with E-state index in [0.717, 1.165) is 24.1 Å². The summed E-state index contributed by atoms with van der Waals surface area (Å²) in [5, 5.41) is 11.8. The van der Waals surface area contributed by atoms with Crippen LogP contribution in [0.4, 0.5) is 10.5 Å². The van der Waals surface area contributed by atoms with Crippen molar-refractivity contribution in [2.75, 3.05) is 11.4 Å². The summed E-state index contributed by atoms with van der Waals surface area (Å²) in [5.74, 6) is -0.881. The Labute approximate surface area is 118 Å². The van der Waals surface area contributed by atoms with Gasteiger partial charge in [-0.1, -0.05) is 12.1 Å². The molecule has 1 saturated carbocycles. The number of amides is 2. The topological polar surface area (TPSA) is 69.6 Å². The number of carboxylic acids is 1. The summed E-state index contributed by atoms with van der Waals surface area (Å²) in [6.45, 7) is 4.32. The second-order valence-corrected chi connectivity index (χ2v) is 5.19. The molecule has 1 aliphatic carbocycles. The van der Waals surface area contributed by atoms with Gasteiger partial charge in [-0.05, 0) is 50.3 Å². The molecule has 1 aromatic rings. The minimum atomic E-state index is -0.957. The fourth-order valence-corrected chi connectivity index (χ4v) is 2.26. The molecule has 1 atom stereocenters. The average molecular weight is 276 g/mol. The predicted molar refractivity (Wildman–Crippen MR) is 76.9 cm³/mol. The Morgan fingerprint density at radius 3 is 2.65 bits per heavy atom. The smallest absolute Gasteiger partial charge is 0.326 e. The van der Waals surface area contributed by atoms with Crippen molar-refractivity contribution in [3.8, 4) is 0 Å². The van der Waals surface area contributed by atoms with Crippen LogP contribution in [0.3, 0.4) is 0 Å². The minimum Gasteiger partial charge on any atom is -0.480 e. The molecule has 5 nitrogen and oxygen atoms in total. The normalized spacial score (nSPS) is 15.5. The van der Waals surface area contributed by atoms with E-state index in [1.165, 1.54) is 0 Å². The molecule has 0 radical (unpaired) electrons. The third kappa shape index (κ3) is 3.29. The molecule has 0 heterocycles. The van der Waals surface area contributed by atoms with E-state index in [4.69, 9.17) is 5.11 Å². The van der Waals surface area contributed by atoms with Crippen molar-refractivity contribution >= 4 is 17.7 Å². The molecule has 0 aromatic heterocycles. The summed E-state index contributed by atoms with van der Waals surface area (Å²) >= 11 is 0. The zero-order valence-electron chi connectivity index (χ0n) is 11.8. The van der Waals surface area contributed by atoms with Gasteiger partial charge in [0, 0.05) is 12.2 Å². The van der Waals surface area contributed by atoms with E-state index in [1.807, 2.05) is 38.1 Å². The zero-order valence-corrected chi connectivity index (χ0v) is 11.8. The molecular formula is C15H20N2O3. The van der Waals surface area contributed by atoms with Gasteiger partial charge in [0.2, 0.25) is 0 Å². The van der Waals surface area contributed by atoms with Crippen molar-refractivity contribution in [3.63, 3.8) is 0 Å². The van der Waals surface area contributed by atoms with Crippen molar-refractivity contribution in [3.05, 3.63) is 29.8 Å². The predicted octanol–water partition coefficient (Wildman–Crippen LogP) is 2.39. The van der Waals surface area contributed by atoms with Crippen molar-refractivity contribution in [1.82, 2.24) is 5.32 Å². The number of nitrogens with one attached hydrogen (secondary N) is 1. The van der Waals surface area contributed by atoms with Gasteiger partial charge in [-0.2, -0.15) is 0 Å². The third-order valence-corrected chi connectivity index (χ3v) is 3.51. The molecule has 1 aliphatic rings. The maximum atomic E-state index is 12.3. The van der Waals surface area contributed by atoms with Crippen LogP contribution in [0.5, 0.6) is 0 Å². The summed E-state index contributed by atoms with van der Waals surface area (Å²) in [4.78, 5) is 25.0. The van der Waals surface area contributed by atoms with Gasteiger partial charge in [0.05, 0.1) is 0 Å². The van der Waals surface area contributed by atoms with Crippen molar-refractivity contribution in [1.29, 1.82) is 0 Å². The van der Waals surface area contributed by atoms with Crippen LogP contribution in [0.15, 0.2) is 24.3 Å². The van der Waals surface area contributed by atoms with Crippen LogP contribution in [0, 0.1) is 12.8 Å². The molecular weight excluding hydrogens is 256 g/mol. The summed E-state index contributed by atoms with van der Waals surface area (Å²) in [6, 6.07) is 6.48. The minimum absolute atomic E-state index is 0.0765. The number of aryl methyl sites for hydroxylation is 1. The van der Waals surface area contributed by atoms with Crippen LogP contribution >= 0.6 is 0 Å². The van der Waals surface area contributed by atoms with E-state index in [0.29, 0.717) is 6.54 Å². The van der Waals surface area contributed by atoms with E-state index in [-0.39, 0.29) is 11.9 Å². The molecule has 1 aromatic carbocycles. The van der Waals surface area contributed by atoms with Gasteiger partial charge in [0.15, 0.2) is 0 Å². The Bertz CT molecular complexity index is 512. The molecule has 5 heteroatoms.